The topological polar surface area (TPSA) is 77.1 Å². The minimum absolute atomic E-state index is 0.0614. The SMILES string of the molecule is CC(NC(=O)CN1C(=O)CCOc2ccccc21)c1ccc2c(c1)OCO2. The molecule has 0 radical (unpaired) electrons. The molecule has 0 bridgehead atoms. The quantitative estimate of drug-likeness (QED) is 0.897. The van der Waals surface area contributed by atoms with E-state index in [1.54, 1.807) is 12.1 Å². The van der Waals surface area contributed by atoms with Crippen LogP contribution in [0.4, 0.5) is 5.69 Å². The molecule has 0 spiro atoms. The van der Waals surface area contributed by atoms with Crippen molar-refractivity contribution in [1.82, 2.24) is 5.32 Å². The van der Waals surface area contributed by atoms with E-state index < -0.39 is 0 Å². The third-order valence-electron chi connectivity index (χ3n) is 4.61. The average Bonchev–Trinajstić information content (AvgIpc) is 3.08. The zero-order valence-corrected chi connectivity index (χ0v) is 14.9. The summed E-state index contributed by atoms with van der Waals surface area (Å²) in [6.45, 7) is 2.34. The molecule has 2 aliphatic heterocycles. The van der Waals surface area contributed by atoms with Crippen molar-refractivity contribution in [2.24, 2.45) is 0 Å². The van der Waals surface area contributed by atoms with E-state index in [2.05, 4.69) is 5.32 Å². The van der Waals surface area contributed by atoms with E-state index in [9.17, 15) is 9.59 Å². The minimum atomic E-state index is -0.245. The summed E-state index contributed by atoms with van der Waals surface area (Å²) in [4.78, 5) is 26.5. The van der Waals surface area contributed by atoms with Gasteiger partial charge in [-0.15, -0.1) is 0 Å². The van der Waals surface area contributed by atoms with Gasteiger partial charge in [0.25, 0.3) is 0 Å². The smallest absolute Gasteiger partial charge is 0.240 e. The Balaban J connectivity index is 1.46. The molecule has 4 rings (SSSR count). The summed E-state index contributed by atoms with van der Waals surface area (Å²) in [5, 5.41) is 2.94. The number of hydrogen-bond donors (Lipinski definition) is 1. The van der Waals surface area contributed by atoms with E-state index in [0.29, 0.717) is 29.5 Å². The minimum Gasteiger partial charge on any atom is -0.491 e. The Kier molecular flexibility index (Phi) is 4.58. The van der Waals surface area contributed by atoms with Gasteiger partial charge in [-0.2, -0.15) is 0 Å². The Morgan fingerprint density at radius 1 is 1.11 bits per heavy atom. The van der Waals surface area contributed by atoms with Crippen LogP contribution < -0.4 is 24.4 Å². The molecule has 140 valence electrons. The number of amides is 2. The summed E-state index contributed by atoms with van der Waals surface area (Å²) in [6, 6.07) is 12.6. The van der Waals surface area contributed by atoms with Crippen molar-refractivity contribution >= 4 is 17.5 Å². The van der Waals surface area contributed by atoms with Gasteiger partial charge in [-0.1, -0.05) is 18.2 Å². The number of ether oxygens (including phenoxy) is 3. The predicted octanol–water partition coefficient (Wildman–Crippen LogP) is 2.41. The number of para-hydroxylation sites is 2. The molecular weight excluding hydrogens is 348 g/mol. The fourth-order valence-corrected chi connectivity index (χ4v) is 3.19. The van der Waals surface area contributed by atoms with Crippen molar-refractivity contribution in [3.8, 4) is 17.2 Å². The van der Waals surface area contributed by atoms with Gasteiger partial charge in [0.1, 0.15) is 12.3 Å². The van der Waals surface area contributed by atoms with E-state index in [-0.39, 0.29) is 37.6 Å². The van der Waals surface area contributed by atoms with Gasteiger partial charge in [0.05, 0.1) is 24.8 Å². The molecule has 0 aliphatic carbocycles. The lowest BCUT2D eigenvalue weighted by atomic mass is 10.1. The van der Waals surface area contributed by atoms with Crippen LogP contribution in [-0.2, 0) is 9.59 Å². The average molecular weight is 368 g/mol. The van der Waals surface area contributed by atoms with Crippen molar-refractivity contribution in [3.63, 3.8) is 0 Å². The molecule has 2 heterocycles. The molecule has 0 aromatic heterocycles. The second-order valence-electron chi connectivity index (χ2n) is 6.45. The van der Waals surface area contributed by atoms with Gasteiger partial charge in [0.15, 0.2) is 11.5 Å². The van der Waals surface area contributed by atoms with Crippen LogP contribution in [0, 0.1) is 0 Å². The molecule has 0 saturated carbocycles. The summed E-state index contributed by atoms with van der Waals surface area (Å²) in [5.74, 6) is 1.60. The molecule has 1 unspecified atom stereocenters. The molecule has 2 aromatic carbocycles. The third kappa shape index (κ3) is 3.53. The summed E-state index contributed by atoms with van der Waals surface area (Å²) in [5.41, 5.74) is 1.52. The maximum Gasteiger partial charge on any atom is 0.240 e. The Morgan fingerprint density at radius 3 is 2.81 bits per heavy atom. The van der Waals surface area contributed by atoms with Crippen LogP contribution in [0.5, 0.6) is 17.2 Å². The molecule has 0 saturated heterocycles. The number of carbonyl (C=O) groups is 2. The van der Waals surface area contributed by atoms with E-state index in [1.807, 2.05) is 37.3 Å². The van der Waals surface area contributed by atoms with Crippen molar-refractivity contribution in [2.45, 2.75) is 19.4 Å². The molecule has 2 aromatic rings. The molecular formula is C20H20N2O5. The van der Waals surface area contributed by atoms with E-state index >= 15 is 0 Å². The number of fused-ring (bicyclic) bond motifs is 2. The number of carbonyl (C=O) groups excluding carboxylic acids is 2. The van der Waals surface area contributed by atoms with Crippen molar-refractivity contribution in [1.29, 1.82) is 0 Å². The highest BCUT2D eigenvalue weighted by molar-refractivity contribution is 6.00. The van der Waals surface area contributed by atoms with Gasteiger partial charge in [0.2, 0.25) is 18.6 Å². The molecule has 1 atom stereocenters. The van der Waals surface area contributed by atoms with Gasteiger partial charge in [-0.3, -0.25) is 14.5 Å². The second-order valence-corrected chi connectivity index (χ2v) is 6.45. The van der Waals surface area contributed by atoms with Crippen LogP contribution >= 0.6 is 0 Å². The number of benzene rings is 2. The third-order valence-corrected chi connectivity index (χ3v) is 4.61. The fraction of sp³-hybridized carbons (Fsp3) is 0.300. The highest BCUT2D eigenvalue weighted by atomic mass is 16.7. The summed E-state index contributed by atoms with van der Waals surface area (Å²) < 4.78 is 16.3. The van der Waals surface area contributed by atoms with Gasteiger partial charge in [-0.25, -0.2) is 0 Å². The maximum absolute atomic E-state index is 12.6. The summed E-state index contributed by atoms with van der Waals surface area (Å²) in [7, 11) is 0. The molecule has 7 nitrogen and oxygen atoms in total. The van der Waals surface area contributed by atoms with Gasteiger partial charge < -0.3 is 19.5 Å². The Bertz CT molecular complexity index is 882. The zero-order chi connectivity index (χ0) is 18.8. The zero-order valence-electron chi connectivity index (χ0n) is 14.9. The Morgan fingerprint density at radius 2 is 1.93 bits per heavy atom. The maximum atomic E-state index is 12.6. The number of nitrogens with zero attached hydrogens (tertiary/aromatic N) is 1. The molecule has 2 aliphatic rings. The first-order chi connectivity index (χ1) is 13.1. The fourth-order valence-electron chi connectivity index (χ4n) is 3.19. The summed E-state index contributed by atoms with van der Waals surface area (Å²) in [6.07, 6.45) is 0.236. The largest absolute Gasteiger partial charge is 0.491 e. The van der Waals surface area contributed by atoms with Gasteiger partial charge in [0, 0.05) is 0 Å². The molecule has 0 fully saturated rings. The molecule has 1 N–H and O–H groups in total. The van der Waals surface area contributed by atoms with Crippen molar-refractivity contribution in [3.05, 3.63) is 48.0 Å². The lowest BCUT2D eigenvalue weighted by molar-refractivity contribution is -0.124. The first-order valence-corrected chi connectivity index (χ1v) is 8.83. The van der Waals surface area contributed by atoms with Crippen LogP contribution in [0.25, 0.3) is 0 Å². The van der Waals surface area contributed by atoms with Crippen molar-refractivity contribution in [2.75, 3.05) is 24.8 Å². The number of anilines is 1. The van der Waals surface area contributed by atoms with Crippen molar-refractivity contribution < 1.29 is 23.8 Å². The van der Waals surface area contributed by atoms with E-state index in [1.165, 1.54) is 4.90 Å². The summed E-state index contributed by atoms with van der Waals surface area (Å²) >= 11 is 0. The lowest BCUT2D eigenvalue weighted by Crippen LogP contribution is -2.41. The van der Waals surface area contributed by atoms with Gasteiger partial charge in [-0.05, 0) is 36.8 Å². The second kappa shape index (κ2) is 7.19. The molecule has 27 heavy (non-hydrogen) atoms. The highest BCUT2D eigenvalue weighted by Crippen LogP contribution is 2.34. The molecule has 7 heteroatoms. The normalized spacial score (nSPS) is 16.2. The standard InChI is InChI=1S/C20H20N2O5/c1-13(14-6-7-17-18(10-14)27-12-26-17)21-19(23)11-22-15-4-2-3-5-16(15)25-9-8-20(22)24/h2-7,10,13H,8-9,11-12H2,1H3,(H,21,23). The Labute approximate surface area is 156 Å². The predicted molar refractivity (Wildman–Crippen MR) is 98.0 cm³/mol. The van der Waals surface area contributed by atoms with Crippen LogP contribution in [0.1, 0.15) is 24.9 Å². The molecule has 2 amide bonds. The number of nitrogens with one attached hydrogen (secondary N) is 1. The van der Waals surface area contributed by atoms with Crippen LogP contribution in [0.3, 0.4) is 0 Å². The van der Waals surface area contributed by atoms with Crippen LogP contribution in [0.15, 0.2) is 42.5 Å². The number of rotatable bonds is 4. The van der Waals surface area contributed by atoms with E-state index in [0.717, 1.165) is 5.56 Å². The first kappa shape index (κ1) is 17.2. The lowest BCUT2D eigenvalue weighted by Gasteiger charge is -2.23. The number of hydrogen-bond acceptors (Lipinski definition) is 5. The highest BCUT2D eigenvalue weighted by Gasteiger charge is 2.25. The monoisotopic (exact) mass is 368 g/mol. The van der Waals surface area contributed by atoms with Gasteiger partial charge >= 0.3 is 0 Å². The van der Waals surface area contributed by atoms with Crippen LogP contribution in [-0.4, -0.2) is 31.8 Å². The first-order valence-electron chi connectivity index (χ1n) is 8.83. The van der Waals surface area contributed by atoms with Crippen LogP contribution in [0.2, 0.25) is 0 Å². The van der Waals surface area contributed by atoms with E-state index in [4.69, 9.17) is 14.2 Å². The Hall–Kier alpha value is -3.22.